The van der Waals surface area contributed by atoms with Crippen molar-refractivity contribution in [3.63, 3.8) is 0 Å². The number of hydrogen-bond donors (Lipinski definition) is 0. The van der Waals surface area contributed by atoms with Crippen molar-refractivity contribution < 1.29 is 17.6 Å². The van der Waals surface area contributed by atoms with Crippen LogP contribution >= 0.6 is 0 Å². The van der Waals surface area contributed by atoms with Crippen molar-refractivity contribution in [1.82, 2.24) is 4.90 Å². The zero-order chi connectivity index (χ0) is 21.8. The van der Waals surface area contributed by atoms with Gasteiger partial charge in [0, 0.05) is 20.0 Å². The molecule has 158 valence electrons. The number of aliphatic imine (C=N–C) groups is 1. The minimum Gasteiger partial charge on any atom is -0.366 e. The minimum absolute atomic E-state index is 0.256. The number of benzene rings is 2. The van der Waals surface area contributed by atoms with Crippen LogP contribution in [0.3, 0.4) is 0 Å². The van der Waals surface area contributed by atoms with Gasteiger partial charge in [-0.3, -0.25) is 0 Å². The summed E-state index contributed by atoms with van der Waals surface area (Å²) in [5.41, 5.74) is 5.66. The topological polar surface area (TPSA) is 15.6 Å². The van der Waals surface area contributed by atoms with Crippen LogP contribution in [-0.2, 0) is 12.8 Å². The summed E-state index contributed by atoms with van der Waals surface area (Å²) in [6.07, 6.45) is -2.30. The first kappa shape index (κ1) is 22.9. The van der Waals surface area contributed by atoms with Gasteiger partial charge in [0.25, 0.3) is 0 Å². The number of rotatable bonds is 8. The molecule has 0 radical (unpaired) electrons. The smallest absolute Gasteiger partial charge is 0.311 e. The first-order valence-corrected chi connectivity index (χ1v) is 9.62. The highest BCUT2D eigenvalue weighted by Crippen LogP contribution is 2.30. The Labute approximate surface area is 170 Å². The van der Waals surface area contributed by atoms with Gasteiger partial charge >= 0.3 is 12.3 Å². The lowest BCUT2D eigenvalue weighted by Gasteiger charge is -2.18. The van der Waals surface area contributed by atoms with Gasteiger partial charge in [-0.15, -0.1) is 0 Å². The van der Waals surface area contributed by atoms with E-state index in [0.717, 1.165) is 34.5 Å². The predicted octanol–water partition coefficient (Wildman–Crippen LogP) is 6.26. The molecule has 0 spiro atoms. The molecule has 0 heterocycles. The third kappa shape index (κ3) is 6.05. The Morgan fingerprint density at radius 1 is 1.00 bits per heavy atom. The zero-order valence-corrected chi connectivity index (χ0v) is 17.6. The van der Waals surface area contributed by atoms with Crippen LogP contribution in [0.25, 0.3) is 0 Å². The minimum atomic E-state index is -4.03. The normalized spacial score (nSPS) is 12.2. The monoisotopic (exact) mass is 408 g/mol. The van der Waals surface area contributed by atoms with Crippen LogP contribution in [0.1, 0.15) is 40.3 Å². The van der Waals surface area contributed by atoms with Crippen molar-refractivity contribution in [1.29, 1.82) is 0 Å². The van der Waals surface area contributed by atoms with Crippen LogP contribution in [0.2, 0.25) is 0 Å². The molecular weight excluding hydrogens is 380 g/mol. The third-order valence-electron chi connectivity index (χ3n) is 5.10. The van der Waals surface area contributed by atoms with Crippen molar-refractivity contribution in [2.45, 2.75) is 52.9 Å². The average molecular weight is 408 g/mol. The number of hydrogen-bond acceptors (Lipinski definition) is 1. The fourth-order valence-electron chi connectivity index (χ4n) is 3.01. The molecule has 2 nitrogen and oxygen atoms in total. The summed E-state index contributed by atoms with van der Waals surface area (Å²) >= 11 is 0. The second kappa shape index (κ2) is 9.42. The molecule has 0 amide bonds. The summed E-state index contributed by atoms with van der Waals surface area (Å²) in [6.45, 7) is 8.53. The molecule has 0 N–H and O–H groups in total. The highest BCUT2D eigenvalue weighted by Gasteiger charge is 2.40. The molecule has 0 atom stereocenters. The van der Waals surface area contributed by atoms with Gasteiger partial charge in [-0.05, 0) is 73.6 Å². The van der Waals surface area contributed by atoms with Crippen LogP contribution in [0, 0.1) is 20.8 Å². The van der Waals surface area contributed by atoms with Gasteiger partial charge in [0.05, 0.1) is 12.0 Å². The van der Waals surface area contributed by atoms with E-state index in [-0.39, 0.29) is 5.56 Å². The van der Waals surface area contributed by atoms with Crippen molar-refractivity contribution in [3.05, 3.63) is 63.7 Å². The van der Waals surface area contributed by atoms with Crippen molar-refractivity contribution >= 4 is 12.0 Å². The Balaban J connectivity index is 2.27. The van der Waals surface area contributed by atoms with Gasteiger partial charge in [-0.2, -0.15) is 8.78 Å². The summed E-state index contributed by atoms with van der Waals surface area (Å²) in [5, 5.41) is 0. The van der Waals surface area contributed by atoms with Crippen molar-refractivity contribution in [2.75, 3.05) is 13.6 Å². The Bertz CT molecular complexity index is 875. The van der Waals surface area contributed by atoms with E-state index in [2.05, 4.69) is 4.99 Å². The van der Waals surface area contributed by atoms with Crippen molar-refractivity contribution in [2.24, 2.45) is 4.99 Å². The second-order valence-corrected chi connectivity index (χ2v) is 7.56. The molecular formula is C23H28F4N2. The first-order valence-electron chi connectivity index (χ1n) is 9.62. The second-order valence-electron chi connectivity index (χ2n) is 7.56. The molecule has 2 aromatic rings. The number of nitrogens with zero attached hydrogens (tertiary/aromatic N) is 2. The molecule has 6 heteroatoms. The van der Waals surface area contributed by atoms with Crippen LogP contribution in [0.15, 0.2) is 35.3 Å². The molecule has 0 saturated heterocycles. The lowest BCUT2D eigenvalue weighted by atomic mass is 9.94. The fraction of sp³-hybridized carbons (Fsp3) is 0.435. The summed E-state index contributed by atoms with van der Waals surface area (Å²) in [5.74, 6) is -4.03. The van der Waals surface area contributed by atoms with E-state index in [1.807, 2.05) is 50.9 Å². The quantitative estimate of drug-likeness (QED) is 0.286. The molecule has 29 heavy (non-hydrogen) atoms. The maximum absolute atomic E-state index is 13.5. The van der Waals surface area contributed by atoms with Crippen LogP contribution < -0.4 is 0 Å². The molecule has 2 rings (SSSR count). The summed E-state index contributed by atoms with van der Waals surface area (Å²) in [6, 6.07) is 9.23. The van der Waals surface area contributed by atoms with E-state index in [4.69, 9.17) is 0 Å². The van der Waals surface area contributed by atoms with Crippen LogP contribution in [0.4, 0.5) is 23.2 Å². The standard InChI is InChI=1S/C23H28F4N2/c1-6-29(5)14-28-21-10-16(3)19(9-17(21)4)11-18-8-7-15(2)20(12-18)13-23(26,27)22(24)25/h7-10,12,14,22H,6,11,13H2,1-5H3. The van der Waals surface area contributed by atoms with E-state index < -0.39 is 18.8 Å². The predicted molar refractivity (Wildman–Crippen MR) is 111 cm³/mol. The molecule has 0 saturated carbocycles. The van der Waals surface area contributed by atoms with Gasteiger partial charge < -0.3 is 4.90 Å². The molecule has 0 fully saturated rings. The molecule has 2 aromatic carbocycles. The first-order chi connectivity index (χ1) is 13.5. The van der Waals surface area contributed by atoms with Gasteiger partial charge in [0.2, 0.25) is 0 Å². The number of halogens is 4. The Kier molecular flexibility index (Phi) is 7.44. The SMILES string of the molecule is CCN(C)C=Nc1cc(C)c(Cc2ccc(C)c(CC(F)(F)C(F)F)c2)cc1C. The molecule has 0 aliphatic rings. The van der Waals surface area contributed by atoms with Crippen LogP contribution in [0.5, 0.6) is 0 Å². The summed E-state index contributed by atoms with van der Waals surface area (Å²) < 4.78 is 52.2. The Morgan fingerprint density at radius 3 is 2.31 bits per heavy atom. The fourth-order valence-corrected chi connectivity index (χ4v) is 3.01. The van der Waals surface area contributed by atoms with E-state index >= 15 is 0 Å². The summed E-state index contributed by atoms with van der Waals surface area (Å²) in [7, 11) is 1.95. The molecule has 0 bridgehead atoms. The largest absolute Gasteiger partial charge is 0.366 e. The Morgan fingerprint density at radius 2 is 1.69 bits per heavy atom. The van der Waals surface area contributed by atoms with E-state index in [1.54, 1.807) is 25.4 Å². The number of alkyl halides is 4. The van der Waals surface area contributed by atoms with Gasteiger partial charge in [0.15, 0.2) is 0 Å². The average Bonchev–Trinajstić information content (AvgIpc) is 2.65. The number of aryl methyl sites for hydroxylation is 3. The molecule has 0 unspecified atom stereocenters. The Hall–Kier alpha value is -2.37. The maximum atomic E-state index is 13.5. The maximum Gasteiger partial charge on any atom is 0.311 e. The van der Waals surface area contributed by atoms with Crippen LogP contribution in [-0.4, -0.2) is 37.2 Å². The van der Waals surface area contributed by atoms with Gasteiger partial charge in [-0.1, -0.05) is 24.3 Å². The van der Waals surface area contributed by atoms with E-state index in [9.17, 15) is 17.6 Å². The van der Waals surface area contributed by atoms with Gasteiger partial charge in [-0.25, -0.2) is 13.8 Å². The van der Waals surface area contributed by atoms with E-state index in [0.29, 0.717) is 12.0 Å². The van der Waals surface area contributed by atoms with E-state index in [1.165, 1.54) is 0 Å². The highest BCUT2D eigenvalue weighted by atomic mass is 19.3. The lowest BCUT2D eigenvalue weighted by Crippen LogP contribution is -2.29. The molecule has 0 aliphatic heterocycles. The third-order valence-corrected chi connectivity index (χ3v) is 5.10. The molecule has 0 aliphatic carbocycles. The zero-order valence-electron chi connectivity index (χ0n) is 17.6. The summed E-state index contributed by atoms with van der Waals surface area (Å²) in [4.78, 5) is 6.49. The van der Waals surface area contributed by atoms with Gasteiger partial charge in [0.1, 0.15) is 0 Å². The lowest BCUT2D eigenvalue weighted by molar-refractivity contribution is -0.127. The highest BCUT2D eigenvalue weighted by molar-refractivity contribution is 5.64. The van der Waals surface area contributed by atoms with Crippen molar-refractivity contribution in [3.8, 4) is 0 Å². The molecule has 0 aromatic heterocycles.